The van der Waals surface area contributed by atoms with Gasteiger partial charge in [0.2, 0.25) is 0 Å². The van der Waals surface area contributed by atoms with Crippen molar-refractivity contribution >= 4 is 0 Å². The molecule has 0 aromatic rings. The third-order valence-corrected chi connectivity index (χ3v) is 0. The Balaban J connectivity index is 0. The molecule has 0 bridgehead atoms. The van der Waals surface area contributed by atoms with Gasteiger partial charge in [0, 0.05) is 20.4 Å². The topological polar surface area (TPSA) is 17.1 Å². The van der Waals surface area contributed by atoms with Crippen LogP contribution in [0.1, 0.15) is 0 Å². The minimum atomic E-state index is -0.667. The van der Waals surface area contributed by atoms with Crippen LogP contribution in [0.25, 0.3) is 0 Å². The second-order valence-electron chi connectivity index (χ2n) is 0.129. The maximum atomic E-state index is 9.04. The second-order valence-corrected chi connectivity index (χ2v) is 1.06. The molecule has 0 aliphatic carbocycles. The summed E-state index contributed by atoms with van der Waals surface area (Å²) in [6, 6.07) is 0. The van der Waals surface area contributed by atoms with E-state index in [9.17, 15) is 0 Å². The van der Waals surface area contributed by atoms with Crippen LogP contribution in [0.4, 0.5) is 0 Å². The maximum Gasteiger partial charge on any atom is 0 e. The average molecular weight is 333 g/mol. The van der Waals surface area contributed by atoms with Gasteiger partial charge in [0.05, 0.1) is 0 Å². The summed E-state index contributed by atoms with van der Waals surface area (Å²) in [6.07, 6.45) is 0. The van der Waals surface area contributed by atoms with Gasteiger partial charge in [0.1, 0.15) is 0 Å². The molecule has 0 aliphatic heterocycles. The van der Waals surface area contributed by atoms with E-state index >= 15 is 0 Å². The van der Waals surface area contributed by atoms with Crippen LogP contribution in [-0.4, -0.2) is 0 Å². The van der Waals surface area contributed by atoms with Gasteiger partial charge in [-0.1, -0.05) is 0 Å². The molecule has 4 heavy (non-hydrogen) atoms. The molecule has 33 valence electrons. The van der Waals surface area contributed by atoms with Crippen LogP contribution in [0.5, 0.6) is 0 Å². The van der Waals surface area contributed by atoms with Gasteiger partial charge >= 0.3 is 27.2 Å². The first-order valence-electron chi connectivity index (χ1n) is 0.445. The van der Waals surface area contributed by atoms with Gasteiger partial charge in [-0.3, -0.25) is 0 Å². The summed E-state index contributed by atoms with van der Waals surface area (Å²) < 4.78 is 9.04. The van der Waals surface area contributed by atoms with Crippen molar-refractivity contribution in [2.75, 3.05) is 0 Å². The molecule has 0 rings (SSSR count). The van der Waals surface area contributed by atoms with Crippen LogP contribution in [0, 0.1) is 0 Å². The summed E-state index contributed by atoms with van der Waals surface area (Å²) in [7, 11) is 0. The molecule has 0 N–H and O–H groups in total. The third-order valence-electron chi connectivity index (χ3n) is 0. The largest absolute Gasteiger partial charge is 0 e. The number of rotatable bonds is 0. The Labute approximate surface area is 47.7 Å². The number of hydrogen-bond acceptors (Lipinski definition) is 1. The van der Waals surface area contributed by atoms with E-state index in [1.807, 2.05) is 0 Å². The first kappa shape index (κ1) is 8.94. The summed E-state index contributed by atoms with van der Waals surface area (Å²) >= 11 is -0.667. The van der Waals surface area contributed by atoms with Crippen molar-refractivity contribution in [1.29, 1.82) is 0 Å². The van der Waals surface area contributed by atoms with Gasteiger partial charge in [-0.05, 0) is 0 Å². The van der Waals surface area contributed by atoms with E-state index in [1.54, 1.807) is 5.31 Å². The fraction of sp³-hybridized carbons (Fsp3) is 1.00. The fourth-order valence-electron chi connectivity index (χ4n) is 0. The Kier molecular flexibility index (Phi) is 19.9. The minimum absolute atomic E-state index is 0. The van der Waals surface area contributed by atoms with Gasteiger partial charge in [-0.15, -0.1) is 0 Å². The van der Waals surface area contributed by atoms with E-state index in [0.29, 0.717) is 0 Å². The molecule has 0 aliphatic rings. The summed E-state index contributed by atoms with van der Waals surface area (Å²) in [5.41, 5.74) is 0. The van der Waals surface area contributed by atoms with Crippen molar-refractivity contribution in [3.05, 3.63) is 0 Å². The molecule has 0 atom stereocenters. The molecule has 0 aromatic carbocycles. The van der Waals surface area contributed by atoms with Gasteiger partial charge in [0.25, 0.3) is 0 Å². The number of hydrogen-bond donors (Lipinski definition) is 0. The molecule has 0 saturated carbocycles. The summed E-state index contributed by atoms with van der Waals surface area (Å²) in [4.78, 5) is 0. The monoisotopic (exact) mass is 332 g/mol. The smallest absolute Gasteiger partial charge is 0 e. The fourth-order valence-corrected chi connectivity index (χ4v) is 0. The van der Waals surface area contributed by atoms with Crippen LogP contribution >= 0.6 is 0 Å². The molecular weight excluding hydrogens is 330 g/mol. The van der Waals surface area contributed by atoms with Gasteiger partial charge in [-0.2, -0.15) is 0 Å². The normalized spacial score (nSPS) is 5.25. The molecule has 0 spiro atoms. The van der Waals surface area contributed by atoms with Crippen molar-refractivity contribution in [1.82, 2.24) is 0 Å². The zero-order chi connectivity index (χ0) is 2.71. The van der Waals surface area contributed by atoms with Crippen molar-refractivity contribution in [3.63, 3.8) is 0 Å². The molecular formula is CH3OPdPt. The Bertz CT molecular complexity index is 15.5. The second kappa shape index (κ2) is 8.91. The maximum absolute atomic E-state index is 9.04. The molecule has 3 heteroatoms. The molecule has 0 radical (unpaired) electrons. The van der Waals surface area contributed by atoms with Crippen LogP contribution in [0.15, 0.2) is 0 Å². The van der Waals surface area contributed by atoms with Crippen molar-refractivity contribution in [2.24, 2.45) is 0 Å². The first-order valence-corrected chi connectivity index (χ1v) is 3.65. The van der Waals surface area contributed by atoms with E-state index in [4.69, 9.17) is 3.40 Å². The molecule has 0 fully saturated rings. The van der Waals surface area contributed by atoms with Gasteiger partial charge in [0.15, 0.2) is 0 Å². The Morgan fingerprint density at radius 2 is 1.75 bits per heavy atom. The third kappa shape index (κ3) is 11.0. The zero-order valence-electron chi connectivity index (χ0n) is 2.04. The van der Waals surface area contributed by atoms with Gasteiger partial charge < -0.3 is 0 Å². The molecule has 0 heterocycles. The predicted octanol–water partition coefficient (Wildman–Crippen LogP) is 0.460. The van der Waals surface area contributed by atoms with E-state index in [2.05, 4.69) is 0 Å². The van der Waals surface area contributed by atoms with Gasteiger partial charge in [-0.25, -0.2) is 0 Å². The molecule has 0 aromatic heterocycles. The summed E-state index contributed by atoms with van der Waals surface area (Å²) in [5.74, 6) is 0. The Hall–Kier alpha value is 1.15. The van der Waals surface area contributed by atoms with Crippen LogP contribution in [0.2, 0.25) is 5.31 Å². The van der Waals surface area contributed by atoms with E-state index < -0.39 is 18.5 Å². The zero-order valence-corrected chi connectivity index (χ0v) is 5.87. The Morgan fingerprint density at radius 3 is 1.75 bits per heavy atom. The predicted molar refractivity (Wildman–Crippen MR) is 6.55 cm³/mol. The standard InChI is InChI=1S/CH3.O.Pd.Pt/h1H3;;;. The van der Waals surface area contributed by atoms with Crippen LogP contribution in [0.3, 0.4) is 0 Å². The molecule has 1 nitrogen and oxygen atoms in total. The van der Waals surface area contributed by atoms with Crippen molar-refractivity contribution < 1.29 is 42.3 Å². The van der Waals surface area contributed by atoms with E-state index in [1.165, 1.54) is 0 Å². The van der Waals surface area contributed by atoms with Crippen LogP contribution in [-0.2, 0) is 42.3 Å². The van der Waals surface area contributed by atoms with Crippen molar-refractivity contribution in [3.8, 4) is 0 Å². The summed E-state index contributed by atoms with van der Waals surface area (Å²) in [5, 5.41) is 1.68. The van der Waals surface area contributed by atoms with E-state index in [-0.39, 0.29) is 20.4 Å². The quantitative estimate of drug-likeness (QED) is 0.589. The summed E-state index contributed by atoms with van der Waals surface area (Å²) in [6.45, 7) is 0. The van der Waals surface area contributed by atoms with Crippen LogP contribution < -0.4 is 0 Å². The van der Waals surface area contributed by atoms with Crippen molar-refractivity contribution in [2.45, 2.75) is 5.31 Å². The molecule has 0 unspecified atom stereocenters. The van der Waals surface area contributed by atoms with E-state index in [0.717, 1.165) is 0 Å². The first-order chi connectivity index (χ1) is 1.41. The molecule has 0 saturated heterocycles. The molecule has 0 amide bonds. The SMILES string of the molecule is [CH3][Pt]=[O].[Pd]. The average Bonchev–Trinajstić information content (AvgIpc) is 0.918. The Morgan fingerprint density at radius 1 is 1.75 bits per heavy atom. The minimum Gasteiger partial charge on any atom is 0 e.